The van der Waals surface area contributed by atoms with E-state index < -0.39 is 11.9 Å². The van der Waals surface area contributed by atoms with Gasteiger partial charge in [0.15, 0.2) is 0 Å². The molecule has 2 aromatic carbocycles. The number of nitrogens with zero attached hydrogens (tertiary/aromatic N) is 1. The van der Waals surface area contributed by atoms with Gasteiger partial charge in [0.2, 0.25) is 0 Å². The molecular weight excluding hydrogens is 342 g/mol. The van der Waals surface area contributed by atoms with Crippen molar-refractivity contribution in [1.29, 1.82) is 5.26 Å². The Hall–Kier alpha value is -3.59. The third kappa shape index (κ3) is 5.44. The molecule has 0 heterocycles. The van der Waals surface area contributed by atoms with E-state index in [1.165, 1.54) is 6.20 Å². The Morgan fingerprint density at radius 3 is 2.48 bits per heavy atom. The van der Waals surface area contributed by atoms with Crippen LogP contribution in [0, 0.1) is 11.3 Å². The summed E-state index contributed by atoms with van der Waals surface area (Å²) in [6, 6.07) is 17.9. The van der Waals surface area contributed by atoms with E-state index in [2.05, 4.69) is 10.6 Å². The number of carbonyl (C=O) groups excluding carboxylic acids is 2. The summed E-state index contributed by atoms with van der Waals surface area (Å²) < 4.78 is 4.98. The predicted octanol–water partition coefficient (Wildman–Crippen LogP) is 3.56. The minimum atomic E-state index is -0.609. The third-order valence-corrected chi connectivity index (χ3v) is 3.81. The Morgan fingerprint density at radius 1 is 1.15 bits per heavy atom. The van der Waals surface area contributed by atoms with Crippen molar-refractivity contribution in [2.75, 3.05) is 11.9 Å². The third-order valence-electron chi connectivity index (χ3n) is 3.81. The summed E-state index contributed by atoms with van der Waals surface area (Å²) in [5.41, 5.74) is 1.45. The van der Waals surface area contributed by atoms with E-state index in [1.54, 1.807) is 31.2 Å². The molecule has 2 N–H and O–H groups in total. The number of nitriles is 1. The molecule has 138 valence electrons. The number of para-hydroxylation sites is 1. The molecule has 1 atom stereocenters. The van der Waals surface area contributed by atoms with E-state index in [0.717, 1.165) is 5.56 Å². The van der Waals surface area contributed by atoms with Gasteiger partial charge >= 0.3 is 5.97 Å². The number of rotatable bonds is 7. The van der Waals surface area contributed by atoms with Crippen LogP contribution in [0.15, 0.2) is 66.4 Å². The molecule has 2 aromatic rings. The lowest BCUT2D eigenvalue weighted by molar-refractivity contribution is -0.112. The van der Waals surface area contributed by atoms with Gasteiger partial charge in [-0.15, -0.1) is 0 Å². The van der Waals surface area contributed by atoms with E-state index in [-0.39, 0.29) is 23.8 Å². The van der Waals surface area contributed by atoms with Gasteiger partial charge in [0.05, 0.1) is 17.9 Å². The molecule has 0 aromatic heterocycles. The summed E-state index contributed by atoms with van der Waals surface area (Å²) >= 11 is 0. The van der Waals surface area contributed by atoms with Gasteiger partial charge in [-0.1, -0.05) is 42.5 Å². The van der Waals surface area contributed by atoms with Crippen molar-refractivity contribution < 1.29 is 14.3 Å². The number of nitrogens with one attached hydrogen (secondary N) is 2. The van der Waals surface area contributed by atoms with Gasteiger partial charge in [-0.3, -0.25) is 4.79 Å². The highest BCUT2D eigenvalue weighted by Crippen LogP contribution is 2.17. The Morgan fingerprint density at radius 2 is 1.81 bits per heavy atom. The molecule has 6 nitrogen and oxygen atoms in total. The van der Waals surface area contributed by atoms with Crippen LogP contribution in [0.25, 0.3) is 0 Å². The van der Waals surface area contributed by atoms with Gasteiger partial charge in [0, 0.05) is 12.2 Å². The number of anilines is 1. The molecule has 2 rings (SSSR count). The van der Waals surface area contributed by atoms with E-state index in [1.807, 2.05) is 43.3 Å². The molecule has 0 bridgehead atoms. The molecule has 27 heavy (non-hydrogen) atoms. The first-order valence-electron chi connectivity index (χ1n) is 8.55. The van der Waals surface area contributed by atoms with Gasteiger partial charge < -0.3 is 15.4 Å². The maximum Gasteiger partial charge on any atom is 0.340 e. The van der Waals surface area contributed by atoms with Crippen LogP contribution in [0.1, 0.15) is 35.8 Å². The lowest BCUT2D eigenvalue weighted by Gasteiger charge is -2.13. The average Bonchev–Trinajstić information content (AvgIpc) is 2.69. The van der Waals surface area contributed by atoms with Gasteiger partial charge in [-0.05, 0) is 31.5 Å². The highest BCUT2D eigenvalue weighted by molar-refractivity contribution is 6.09. The maximum absolute atomic E-state index is 12.4. The number of carbonyl (C=O) groups is 2. The SMILES string of the molecule is CCOC(=O)c1ccccc1NC(=O)/C(C#N)=C\NC(C)c1ccccc1. The number of esters is 1. The molecule has 0 aliphatic heterocycles. The number of hydrogen-bond acceptors (Lipinski definition) is 5. The minimum Gasteiger partial charge on any atom is -0.462 e. The van der Waals surface area contributed by atoms with Crippen LogP contribution in [0.2, 0.25) is 0 Å². The largest absolute Gasteiger partial charge is 0.462 e. The average molecular weight is 363 g/mol. The summed E-state index contributed by atoms with van der Waals surface area (Å²) in [5.74, 6) is -1.14. The molecule has 0 saturated carbocycles. The molecule has 0 aliphatic rings. The smallest absolute Gasteiger partial charge is 0.340 e. The molecule has 0 fully saturated rings. The standard InChI is InChI=1S/C21H21N3O3/c1-3-27-21(26)18-11-7-8-12-19(18)24-20(25)17(13-22)14-23-15(2)16-9-5-4-6-10-16/h4-12,14-15,23H,3H2,1-2H3,(H,24,25)/b17-14-. The molecular formula is C21H21N3O3. The van der Waals surface area contributed by atoms with Crippen LogP contribution in [0.5, 0.6) is 0 Å². The molecule has 0 spiro atoms. The van der Waals surface area contributed by atoms with Gasteiger partial charge in [-0.2, -0.15) is 5.26 Å². The zero-order chi connectivity index (χ0) is 19.6. The molecule has 1 amide bonds. The van der Waals surface area contributed by atoms with Crippen LogP contribution in [-0.2, 0) is 9.53 Å². The van der Waals surface area contributed by atoms with Crippen LogP contribution >= 0.6 is 0 Å². The maximum atomic E-state index is 12.4. The summed E-state index contributed by atoms with van der Waals surface area (Å²) in [4.78, 5) is 24.4. The molecule has 6 heteroatoms. The van der Waals surface area contributed by atoms with Crippen LogP contribution in [-0.4, -0.2) is 18.5 Å². The fourth-order valence-corrected chi connectivity index (χ4v) is 2.36. The highest BCUT2D eigenvalue weighted by atomic mass is 16.5. The lowest BCUT2D eigenvalue weighted by atomic mass is 10.1. The van der Waals surface area contributed by atoms with Crippen molar-refractivity contribution in [2.45, 2.75) is 19.9 Å². The number of benzene rings is 2. The van der Waals surface area contributed by atoms with Crippen molar-refractivity contribution in [3.05, 3.63) is 77.5 Å². The highest BCUT2D eigenvalue weighted by Gasteiger charge is 2.16. The fraction of sp³-hybridized carbons (Fsp3) is 0.190. The van der Waals surface area contributed by atoms with Crippen molar-refractivity contribution in [1.82, 2.24) is 5.32 Å². The second-order valence-electron chi connectivity index (χ2n) is 5.69. The molecule has 1 unspecified atom stereocenters. The van der Waals surface area contributed by atoms with Gasteiger partial charge in [0.1, 0.15) is 11.6 Å². The monoisotopic (exact) mass is 363 g/mol. The molecule has 0 aliphatic carbocycles. The number of hydrogen-bond donors (Lipinski definition) is 2. The van der Waals surface area contributed by atoms with Crippen molar-refractivity contribution in [3.8, 4) is 6.07 Å². The Labute approximate surface area is 158 Å². The van der Waals surface area contributed by atoms with Crippen LogP contribution < -0.4 is 10.6 Å². The Balaban J connectivity index is 2.12. The first-order valence-corrected chi connectivity index (χ1v) is 8.55. The lowest BCUT2D eigenvalue weighted by Crippen LogP contribution is -2.20. The predicted molar refractivity (Wildman–Crippen MR) is 103 cm³/mol. The number of amides is 1. The van der Waals surface area contributed by atoms with Gasteiger partial charge in [-0.25, -0.2) is 4.79 Å². The molecule has 0 saturated heterocycles. The quantitative estimate of drug-likeness (QED) is 0.446. The van der Waals surface area contributed by atoms with E-state index in [0.29, 0.717) is 5.69 Å². The topological polar surface area (TPSA) is 91.2 Å². The fourth-order valence-electron chi connectivity index (χ4n) is 2.36. The van der Waals surface area contributed by atoms with E-state index in [4.69, 9.17) is 4.74 Å². The van der Waals surface area contributed by atoms with Crippen LogP contribution in [0.4, 0.5) is 5.69 Å². The Kier molecular flexibility index (Phi) is 7.15. The second kappa shape index (κ2) is 9.78. The summed E-state index contributed by atoms with van der Waals surface area (Å²) in [5, 5.41) is 14.9. The number of ether oxygens (including phenoxy) is 1. The first kappa shape index (κ1) is 19.7. The zero-order valence-corrected chi connectivity index (χ0v) is 15.2. The van der Waals surface area contributed by atoms with Crippen molar-refractivity contribution in [2.24, 2.45) is 0 Å². The first-order chi connectivity index (χ1) is 13.1. The minimum absolute atomic E-state index is 0.0748. The second-order valence-corrected chi connectivity index (χ2v) is 5.69. The van der Waals surface area contributed by atoms with Crippen molar-refractivity contribution in [3.63, 3.8) is 0 Å². The van der Waals surface area contributed by atoms with E-state index >= 15 is 0 Å². The zero-order valence-electron chi connectivity index (χ0n) is 15.2. The van der Waals surface area contributed by atoms with Crippen LogP contribution in [0.3, 0.4) is 0 Å². The normalized spacial score (nSPS) is 11.8. The summed E-state index contributed by atoms with van der Waals surface area (Å²) in [6.07, 6.45) is 1.37. The van der Waals surface area contributed by atoms with Gasteiger partial charge in [0.25, 0.3) is 5.91 Å². The summed E-state index contributed by atoms with van der Waals surface area (Å²) in [6.45, 7) is 3.86. The van der Waals surface area contributed by atoms with E-state index in [9.17, 15) is 14.9 Å². The summed E-state index contributed by atoms with van der Waals surface area (Å²) in [7, 11) is 0. The molecule has 0 radical (unpaired) electrons. The Bertz CT molecular complexity index is 870. The van der Waals surface area contributed by atoms with Crippen molar-refractivity contribution >= 4 is 17.6 Å².